The number of ether oxygens (including phenoxy) is 2. The van der Waals surface area contributed by atoms with Crippen molar-refractivity contribution in [2.24, 2.45) is 0 Å². The Balaban J connectivity index is 1.97. The molecule has 0 amide bonds. The van der Waals surface area contributed by atoms with Gasteiger partial charge in [0.05, 0.1) is 17.7 Å². The number of hydrogen-bond donors (Lipinski definition) is 1. The summed E-state index contributed by atoms with van der Waals surface area (Å²) < 4.78 is 49.6. The molecule has 4 nitrogen and oxygen atoms in total. The first-order valence-electron chi connectivity index (χ1n) is 7.52. The topological polar surface area (TPSA) is 55.8 Å². The van der Waals surface area contributed by atoms with Crippen molar-refractivity contribution in [2.75, 3.05) is 7.11 Å². The molecule has 0 aliphatic carbocycles. The smallest absolute Gasteiger partial charge is 0.430 e. The van der Waals surface area contributed by atoms with E-state index in [0.29, 0.717) is 10.6 Å². The van der Waals surface area contributed by atoms with Gasteiger partial charge in [0.15, 0.2) is 0 Å². The van der Waals surface area contributed by atoms with E-state index in [9.17, 15) is 18.0 Å². The number of rotatable bonds is 4. The Hall–Kier alpha value is -2.32. The van der Waals surface area contributed by atoms with Crippen molar-refractivity contribution in [1.82, 2.24) is 0 Å². The molecule has 9 heteroatoms. The van der Waals surface area contributed by atoms with E-state index in [1.807, 2.05) is 0 Å². The highest BCUT2D eigenvalue weighted by Gasteiger charge is 2.48. The number of benzene rings is 2. The molecule has 27 heavy (non-hydrogen) atoms. The molecule has 142 valence electrons. The Morgan fingerprint density at radius 2 is 1.93 bits per heavy atom. The summed E-state index contributed by atoms with van der Waals surface area (Å²) in [5, 5.41) is 9.33. The van der Waals surface area contributed by atoms with Gasteiger partial charge < -0.3 is 14.6 Å². The third-order valence-electron chi connectivity index (χ3n) is 3.73. The van der Waals surface area contributed by atoms with Crippen LogP contribution >= 0.6 is 23.4 Å². The van der Waals surface area contributed by atoms with Crippen LogP contribution < -0.4 is 9.47 Å². The molecule has 3 rings (SSSR count). The van der Waals surface area contributed by atoms with Gasteiger partial charge in [-0.2, -0.15) is 13.2 Å². The zero-order valence-electron chi connectivity index (χ0n) is 13.7. The molecule has 0 saturated carbocycles. The van der Waals surface area contributed by atoms with Crippen molar-refractivity contribution in [2.45, 2.75) is 22.1 Å². The lowest BCUT2D eigenvalue weighted by molar-refractivity contribution is -0.187. The minimum absolute atomic E-state index is 0.0808. The summed E-state index contributed by atoms with van der Waals surface area (Å²) in [6.07, 6.45) is -6.46. The van der Waals surface area contributed by atoms with Crippen LogP contribution in [-0.2, 0) is 4.79 Å². The van der Waals surface area contributed by atoms with Gasteiger partial charge in [-0.1, -0.05) is 23.4 Å². The average Bonchev–Trinajstić information content (AvgIpc) is 2.61. The number of carboxylic acid groups (broad SMARTS) is 1. The molecular weight excluding hydrogens is 405 g/mol. The van der Waals surface area contributed by atoms with E-state index in [0.717, 1.165) is 11.0 Å². The number of carboxylic acids is 1. The largest absolute Gasteiger partial charge is 0.497 e. The number of aliphatic carboxylic acids is 1. The molecule has 0 radical (unpaired) electrons. The van der Waals surface area contributed by atoms with Gasteiger partial charge in [-0.3, -0.25) is 0 Å². The summed E-state index contributed by atoms with van der Waals surface area (Å²) >= 11 is 7.46. The van der Waals surface area contributed by atoms with E-state index in [-0.39, 0.29) is 16.3 Å². The quantitative estimate of drug-likeness (QED) is 0.733. The van der Waals surface area contributed by atoms with Gasteiger partial charge in [0, 0.05) is 15.4 Å². The molecule has 2 aromatic rings. The Morgan fingerprint density at radius 3 is 2.48 bits per heavy atom. The second-order valence-electron chi connectivity index (χ2n) is 5.54. The maximum atomic E-state index is 13.2. The van der Waals surface area contributed by atoms with Crippen molar-refractivity contribution in [3.63, 3.8) is 0 Å². The third-order valence-corrected chi connectivity index (χ3v) is 5.22. The maximum Gasteiger partial charge on any atom is 0.430 e. The lowest BCUT2D eigenvalue weighted by Gasteiger charge is -2.27. The van der Waals surface area contributed by atoms with Gasteiger partial charge >= 0.3 is 12.1 Å². The van der Waals surface area contributed by atoms with Crippen LogP contribution in [0.2, 0.25) is 5.02 Å². The average molecular weight is 417 g/mol. The van der Waals surface area contributed by atoms with Gasteiger partial charge in [-0.15, -0.1) is 0 Å². The van der Waals surface area contributed by atoms with E-state index >= 15 is 0 Å². The summed E-state index contributed by atoms with van der Waals surface area (Å²) in [5.74, 6) is -1.11. The molecule has 1 heterocycles. The van der Waals surface area contributed by atoms with Crippen LogP contribution in [0.25, 0.3) is 6.08 Å². The second kappa shape index (κ2) is 7.36. The molecule has 0 fully saturated rings. The minimum atomic E-state index is -4.86. The van der Waals surface area contributed by atoms with Crippen LogP contribution in [0.4, 0.5) is 13.2 Å². The number of carbonyl (C=O) groups is 1. The van der Waals surface area contributed by atoms with Crippen molar-refractivity contribution in [1.29, 1.82) is 0 Å². The molecule has 2 aromatic carbocycles. The highest BCUT2D eigenvalue weighted by molar-refractivity contribution is 7.99. The molecule has 0 spiro atoms. The first kappa shape index (κ1) is 19.4. The van der Waals surface area contributed by atoms with Crippen LogP contribution in [0.5, 0.6) is 11.5 Å². The monoisotopic (exact) mass is 416 g/mol. The van der Waals surface area contributed by atoms with Gasteiger partial charge in [-0.25, -0.2) is 4.79 Å². The van der Waals surface area contributed by atoms with Crippen LogP contribution in [0.1, 0.15) is 5.56 Å². The maximum absolute atomic E-state index is 13.2. The fourth-order valence-corrected chi connectivity index (χ4v) is 3.60. The fourth-order valence-electron chi connectivity index (χ4n) is 2.46. The lowest BCUT2D eigenvalue weighted by atomic mass is 10.0. The molecule has 1 aliphatic heterocycles. The summed E-state index contributed by atoms with van der Waals surface area (Å²) in [5.41, 5.74) is -0.710. The normalized spacial score (nSPS) is 16.2. The molecule has 1 aliphatic rings. The summed E-state index contributed by atoms with van der Waals surface area (Å²) in [4.78, 5) is 12.4. The lowest BCUT2D eigenvalue weighted by Crippen LogP contribution is -2.40. The summed E-state index contributed by atoms with van der Waals surface area (Å²) in [6.45, 7) is 0. The van der Waals surface area contributed by atoms with Crippen molar-refractivity contribution < 1.29 is 32.5 Å². The van der Waals surface area contributed by atoms with E-state index < -0.39 is 23.8 Å². The highest BCUT2D eigenvalue weighted by Crippen LogP contribution is 2.43. The molecule has 0 saturated heterocycles. The Labute approximate surface area is 161 Å². The van der Waals surface area contributed by atoms with Gasteiger partial charge in [-0.05, 0) is 42.5 Å². The molecule has 1 unspecified atom stereocenters. The predicted molar refractivity (Wildman–Crippen MR) is 94.7 cm³/mol. The zero-order chi connectivity index (χ0) is 19.8. The zero-order valence-corrected chi connectivity index (χ0v) is 15.3. The van der Waals surface area contributed by atoms with Crippen molar-refractivity contribution >= 4 is 35.4 Å². The standard InChI is InChI=1S/C18H12ClF3O4S/c1-25-10-2-4-11(5-3-10)27-15-8-14-9(7-13(15)19)6-12(17(23)24)16(26-14)18(20,21)22/h2-8,16H,1H3,(H,23,24). The summed E-state index contributed by atoms with van der Waals surface area (Å²) in [7, 11) is 1.54. The van der Waals surface area contributed by atoms with Gasteiger partial charge in [0.1, 0.15) is 11.5 Å². The van der Waals surface area contributed by atoms with E-state index in [4.69, 9.17) is 26.2 Å². The number of alkyl halides is 3. The Morgan fingerprint density at radius 1 is 1.26 bits per heavy atom. The molecule has 1 atom stereocenters. The third kappa shape index (κ3) is 4.17. The van der Waals surface area contributed by atoms with E-state index in [1.54, 1.807) is 24.3 Å². The van der Waals surface area contributed by atoms with Crippen molar-refractivity contribution in [3.8, 4) is 11.5 Å². The number of halogens is 4. The van der Waals surface area contributed by atoms with Crippen LogP contribution in [-0.4, -0.2) is 30.5 Å². The molecule has 0 bridgehead atoms. The van der Waals surface area contributed by atoms with Crippen LogP contribution in [0.15, 0.2) is 51.8 Å². The number of fused-ring (bicyclic) bond motifs is 1. The van der Waals surface area contributed by atoms with Gasteiger partial charge in [0.25, 0.3) is 0 Å². The SMILES string of the molecule is COc1ccc(Sc2cc3c(cc2Cl)C=C(C(=O)O)C(C(F)(F)F)O3)cc1. The van der Waals surface area contributed by atoms with Crippen LogP contribution in [0.3, 0.4) is 0 Å². The van der Waals surface area contributed by atoms with Gasteiger partial charge in [0.2, 0.25) is 6.10 Å². The first-order chi connectivity index (χ1) is 12.7. The predicted octanol–water partition coefficient (Wildman–Crippen LogP) is 5.29. The van der Waals surface area contributed by atoms with E-state index in [2.05, 4.69) is 0 Å². The molecular formula is C18H12ClF3O4S. The second-order valence-corrected chi connectivity index (χ2v) is 7.06. The minimum Gasteiger partial charge on any atom is -0.497 e. The summed E-state index contributed by atoms with van der Waals surface area (Å²) in [6, 6.07) is 9.81. The highest BCUT2D eigenvalue weighted by atomic mass is 35.5. The number of methoxy groups -OCH3 is 1. The Bertz CT molecular complexity index is 910. The first-order valence-corrected chi connectivity index (χ1v) is 8.72. The molecule has 0 aromatic heterocycles. The fraction of sp³-hybridized carbons (Fsp3) is 0.167. The Kier molecular flexibility index (Phi) is 5.30. The van der Waals surface area contributed by atoms with Crippen molar-refractivity contribution in [3.05, 3.63) is 52.6 Å². The molecule has 1 N–H and O–H groups in total. The van der Waals surface area contributed by atoms with Crippen LogP contribution in [0, 0.1) is 0 Å². The number of hydrogen-bond acceptors (Lipinski definition) is 4. The van der Waals surface area contributed by atoms with E-state index in [1.165, 1.54) is 31.0 Å².